The predicted octanol–water partition coefficient (Wildman–Crippen LogP) is 2.48. The second-order valence-corrected chi connectivity index (χ2v) is 6.72. The van der Waals surface area contributed by atoms with E-state index in [1.807, 2.05) is 0 Å². The van der Waals surface area contributed by atoms with E-state index < -0.39 is 0 Å². The molecule has 0 aromatic heterocycles. The Hall–Kier alpha value is -0.0800. The van der Waals surface area contributed by atoms with Crippen LogP contribution in [0.3, 0.4) is 0 Å². The van der Waals surface area contributed by atoms with Crippen molar-refractivity contribution < 1.29 is 0 Å². The van der Waals surface area contributed by atoms with Gasteiger partial charge in [0.25, 0.3) is 0 Å². The molecule has 0 aromatic rings. The third kappa shape index (κ3) is 2.26. The van der Waals surface area contributed by atoms with Crippen LogP contribution in [0, 0.1) is 23.7 Å². The van der Waals surface area contributed by atoms with Gasteiger partial charge in [-0.1, -0.05) is 13.3 Å². The standard InChI is InChI=1S/C15H28N2/c1-2-17(9-11-4-3-5-11)10-14-12-6-7-13(8-12)15(14)16/h11-15H,2-10,16H2,1H3. The summed E-state index contributed by atoms with van der Waals surface area (Å²) in [6.07, 6.45) is 8.72. The maximum atomic E-state index is 6.42. The highest BCUT2D eigenvalue weighted by Gasteiger charge is 2.45. The summed E-state index contributed by atoms with van der Waals surface area (Å²) < 4.78 is 0. The summed E-state index contributed by atoms with van der Waals surface area (Å²) in [4.78, 5) is 2.69. The molecule has 2 nitrogen and oxygen atoms in total. The van der Waals surface area contributed by atoms with Crippen LogP contribution in [0.15, 0.2) is 0 Å². The number of nitrogens with zero attached hydrogens (tertiary/aromatic N) is 1. The van der Waals surface area contributed by atoms with E-state index in [0.717, 1.165) is 23.7 Å². The summed E-state index contributed by atoms with van der Waals surface area (Å²) in [5, 5.41) is 0. The highest BCUT2D eigenvalue weighted by molar-refractivity contribution is 4.99. The van der Waals surface area contributed by atoms with Crippen molar-refractivity contribution in [1.82, 2.24) is 4.90 Å². The van der Waals surface area contributed by atoms with Gasteiger partial charge in [0.1, 0.15) is 0 Å². The van der Waals surface area contributed by atoms with E-state index in [9.17, 15) is 0 Å². The quantitative estimate of drug-likeness (QED) is 0.794. The highest BCUT2D eigenvalue weighted by atomic mass is 15.1. The second-order valence-electron chi connectivity index (χ2n) is 6.72. The Morgan fingerprint density at radius 1 is 1.06 bits per heavy atom. The molecule has 3 saturated carbocycles. The van der Waals surface area contributed by atoms with Crippen LogP contribution in [-0.4, -0.2) is 30.6 Å². The van der Waals surface area contributed by atoms with Crippen molar-refractivity contribution in [3.05, 3.63) is 0 Å². The minimum Gasteiger partial charge on any atom is -0.327 e. The first-order valence-electron chi connectivity index (χ1n) is 7.76. The monoisotopic (exact) mass is 236 g/mol. The Morgan fingerprint density at radius 3 is 2.35 bits per heavy atom. The van der Waals surface area contributed by atoms with Crippen molar-refractivity contribution in [3.8, 4) is 0 Å². The van der Waals surface area contributed by atoms with E-state index in [-0.39, 0.29) is 0 Å². The second kappa shape index (κ2) is 4.89. The summed E-state index contributed by atoms with van der Waals surface area (Å²) in [6.45, 7) is 6.17. The fourth-order valence-corrected chi connectivity index (χ4v) is 4.40. The van der Waals surface area contributed by atoms with Gasteiger partial charge < -0.3 is 10.6 Å². The van der Waals surface area contributed by atoms with Gasteiger partial charge in [0, 0.05) is 19.1 Å². The Labute approximate surface area is 106 Å². The first kappa shape index (κ1) is 12.0. The number of rotatable bonds is 5. The first-order valence-corrected chi connectivity index (χ1v) is 7.76. The molecule has 3 aliphatic carbocycles. The van der Waals surface area contributed by atoms with E-state index in [1.165, 1.54) is 58.2 Å². The molecular weight excluding hydrogens is 208 g/mol. The van der Waals surface area contributed by atoms with Crippen molar-refractivity contribution in [2.45, 2.75) is 51.5 Å². The fraction of sp³-hybridized carbons (Fsp3) is 1.00. The number of nitrogens with two attached hydrogens (primary N) is 1. The van der Waals surface area contributed by atoms with Gasteiger partial charge in [0.15, 0.2) is 0 Å². The summed E-state index contributed by atoms with van der Waals surface area (Å²) >= 11 is 0. The molecule has 0 aromatic carbocycles. The molecule has 2 N–H and O–H groups in total. The van der Waals surface area contributed by atoms with Crippen LogP contribution in [0.25, 0.3) is 0 Å². The zero-order valence-electron chi connectivity index (χ0n) is 11.3. The summed E-state index contributed by atoms with van der Waals surface area (Å²) in [7, 11) is 0. The van der Waals surface area contributed by atoms with E-state index in [2.05, 4.69) is 11.8 Å². The predicted molar refractivity (Wildman–Crippen MR) is 71.8 cm³/mol. The molecule has 3 rings (SSSR count). The molecule has 4 atom stereocenters. The average Bonchev–Trinajstić information content (AvgIpc) is 2.84. The Kier molecular flexibility index (Phi) is 3.45. The minimum absolute atomic E-state index is 0.518. The van der Waals surface area contributed by atoms with Crippen molar-refractivity contribution in [1.29, 1.82) is 0 Å². The highest BCUT2D eigenvalue weighted by Crippen LogP contribution is 2.47. The molecular formula is C15H28N2. The van der Waals surface area contributed by atoms with Crippen molar-refractivity contribution in [2.24, 2.45) is 29.4 Å². The zero-order valence-corrected chi connectivity index (χ0v) is 11.3. The molecule has 2 heteroatoms. The van der Waals surface area contributed by atoms with Crippen LogP contribution in [0.2, 0.25) is 0 Å². The molecule has 0 spiro atoms. The normalized spacial score (nSPS) is 41.1. The van der Waals surface area contributed by atoms with Gasteiger partial charge in [-0.2, -0.15) is 0 Å². The Balaban J connectivity index is 1.53. The van der Waals surface area contributed by atoms with Crippen molar-refractivity contribution >= 4 is 0 Å². The van der Waals surface area contributed by atoms with Gasteiger partial charge in [-0.05, 0) is 62.3 Å². The van der Waals surface area contributed by atoms with Crippen LogP contribution < -0.4 is 5.73 Å². The minimum atomic E-state index is 0.518. The van der Waals surface area contributed by atoms with Crippen LogP contribution in [0.5, 0.6) is 0 Å². The van der Waals surface area contributed by atoms with E-state index >= 15 is 0 Å². The molecule has 17 heavy (non-hydrogen) atoms. The van der Waals surface area contributed by atoms with E-state index in [0.29, 0.717) is 6.04 Å². The van der Waals surface area contributed by atoms with Gasteiger partial charge in [-0.25, -0.2) is 0 Å². The largest absolute Gasteiger partial charge is 0.327 e. The zero-order chi connectivity index (χ0) is 11.8. The van der Waals surface area contributed by atoms with Crippen LogP contribution in [-0.2, 0) is 0 Å². The molecule has 3 fully saturated rings. The maximum absolute atomic E-state index is 6.42. The van der Waals surface area contributed by atoms with Gasteiger partial charge in [0.2, 0.25) is 0 Å². The molecule has 0 aliphatic heterocycles. The number of fused-ring (bicyclic) bond motifs is 2. The molecule has 4 unspecified atom stereocenters. The van der Waals surface area contributed by atoms with Crippen LogP contribution in [0.4, 0.5) is 0 Å². The Morgan fingerprint density at radius 2 is 1.82 bits per heavy atom. The molecule has 0 amide bonds. The molecule has 2 bridgehead atoms. The van der Waals surface area contributed by atoms with Crippen molar-refractivity contribution in [2.75, 3.05) is 19.6 Å². The van der Waals surface area contributed by atoms with Gasteiger partial charge >= 0.3 is 0 Å². The van der Waals surface area contributed by atoms with Gasteiger partial charge in [-0.3, -0.25) is 0 Å². The lowest BCUT2D eigenvalue weighted by Crippen LogP contribution is -2.44. The molecule has 0 radical (unpaired) electrons. The molecule has 3 aliphatic rings. The topological polar surface area (TPSA) is 29.3 Å². The third-order valence-corrected chi connectivity index (χ3v) is 5.82. The van der Waals surface area contributed by atoms with Crippen LogP contribution >= 0.6 is 0 Å². The van der Waals surface area contributed by atoms with E-state index in [4.69, 9.17) is 5.73 Å². The smallest absolute Gasteiger partial charge is 0.0111 e. The summed E-state index contributed by atoms with van der Waals surface area (Å²) in [5.74, 6) is 3.65. The Bertz CT molecular complexity index is 260. The van der Waals surface area contributed by atoms with Crippen molar-refractivity contribution in [3.63, 3.8) is 0 Å². The first-order chi connectivity index (χ1) is 8.28. The lowest BCUT2D eigenvalue weighted by molar-refractivity contribution is 0.135. The SMILES string of the molecule is CCN(CC1CCC1)CC1C2CCC(C2)C1N. The van der Waals surface area contributed by atoms with Gasteiger partial charge in [0.05, 0.1) is 0 Å². The third-order valence-electron chi connectivity index (χ3n) is 5.82. The van der Waals surface area contributed by atoms with Gasteiger partial charge in [-0.15, -0.1) is 0 Å². The van der Waals surface area contributed by atoms with Crippen LogP contribution in [0.1, 0.15) is 45.4 Å². The lowest BCUT2D eigenvalue weighted by Gasteiger charge is -2.36. The number of hydrogen-bond donors (Lipinski definition) is 1. The number of hydrogen-bond acceptors (Lipinski definition) is 2. The summed E-state index contributed by atoms with van der Waals surface area (Å²) in [5.41, 5.74) is 6.42. The van der Waals surface area contributed by atoms with E-state index in [1.54, 1.807) is 0 Å². The molecule has 98 valence electrons. The summed E-state index contributed by atoms with van der Waals surface area (Å²) in [6, 6.07) is 0.518. The molecule has 0 saturated heterocycles. The fourth-order valence-electron chi connectivity index (χ4n) is 4.40. The maximum Gasteiger partial charge on any atom is 0.0111 e. The lowest BCUT2D eigenvalue weighted by atomic mass is 9.82. The molecule has 0 heterocycles. The average molecular weight is 236 g/mol.